The average molecular weight is 425 g/mol. The molecule has 0 radical (unpaired) electrons. The summed E-state index contributed by atoms with van der Waals surface area (Å²) in [5.74, 6) is 0.427. The van der Waals surface area contributed by atoms with E-state index in [4.69, 9.17) is 10.5 Å². The van der Waals surface area contributed by atoms with E-state index < -0.39 is 0 Å². The largest absolute Gasteiger partial charge is 0.380 e. The maximum atomic E-state index is 5.96. The fourth-order valence-electron chi connectivity index (χ4n) is 2.27. The molecule has 5 heteroatoms. The van der Waals surface area contributed by atoms with Crippen molar-refractivity contribution in [3.63, 3.8) is 0 Å². The van der Waals surface area contributed by atoms with Gasteiger partial charge in [-0.2, -0.15) is 0 Å². The zero-order valence-electron chi connectivity index (χ0n) is 13.6. The van der Waals surface area contributed by atoms with Crippen molar-refractivity contribution in [1.29, 1.82) is 0 Å². The van der Waals surface area contributed by atoms with Crippen LogP contribution in [0.15, 0.2) is 53.5 Å². The molecule has 0 aromatic heterocycles. The lowest BCUT2D eigenvalue weighted by Crippen LogP contribution is -2.23. The number of methoxy groups -OCH3 is 1. The maximum absolute atomic E-state index is 5.96. The molecule has 4 nitrogen and oxygen atoms in total. The van der Waals surface area contributed by atoms with Crippen molar-refractivity contribution in [2.45, 2.75) is 20.0 Å². The molecule has 2 aromatic rings. The number of hydrogen-bond donors (Lipinski definition) is 2. The third-order valence-corrected chi connectivity index (χ3v) is 3.35. The van der Waals surface area contributed by atoms with E-state index in [1.807, 2.05) is 24.3 Å². The molecule has 0 amide bonds. The van der Waals surface area contributed by atoms with Crippen LogP contribution in [0, 0.1) is 6.92 Å². The lowest BCUT2D eigenvalue weighted by molar-refractivity contribution is 0.185. The van der Waals surface area contributed by atoms with Gasteiger partial charge in [0.05, 0.1) is 6.61 Å². The number of benzene rings is 2. The van der Waals surface area contributed by atoms with Crippen LogP contribution < -0.4 is 11.1 Å². The topological polar surface area (TPSA) is 59.6 Å². The van der Waals surface area contributed by atoms with Crippen molar-refractivity contribution < 1.29 is 4.74 Å². The van der Waals surface area contributed by atoms with Crippen LogP contribution in [0.3, 0.4) is 0 Å². The summed E-state index contributed by atoms with van der Waals surface area (Å²) >= 11 is 0. The SMILES string of the molecule is COCc1ccccc1NC(N)=NCCc1cccc(C)c1.I. The number of para-hydroxylation sites is 1. The Kier molecular flexibility index (Phi) is 8.65. The summed E-state index contributed by atoms with van der Waals surface area (Å²) in [4.78, 5) is 4.39. The first-order chi connectivity index (χ1) is 10.7. The molecule has 0 aliphatic rings. The summed E-state index contributed by atoms with van der Waals surface area (Å²) in [5.41, 5.74) is 10.5. The van der Waals surface area contributed by atoms with Gasteiger partial charge in [0.15, 0.2) is 5.96 Å². The van der Waals surface area contributed by atoms with Gasteiger partial charge >= 0.3 is 0 Å². The molecule has 0 fully saturated rings. The van der Waals surface area contributed by atoms with E-state index in [-0.39, 0.29) is 24.0 Å². The number of guanidine groups is 1. The summed E-state index contributed by atoms with van der Waals surface area (Å²) in [6.07, 6.45) is 0.879. The van der Waals surface area contributed by atoms with Gasteiger partial charge in [-0.25, -0.2) is 0 Å². The Morgan fingerprint density at radius 3 is 2.70 bits per heavy atom. The highest BCUT2D eigenvalue weighted by Crippen LogP contribution is 2.15. The van der Waals surface area contributed by atoms with Gasteiger partial charge < -0.3 is 15.8 Å². The van der Waals surface area contributed by atoms with Crippen molar-refractivity contribution in [2.24, 2.45) is 10.7 Å². The number of aryl methyl sites for hydroxylation is 1. The summed E-state index contributed by atoms with van der Waals surface area (Å²) < 4.78 is 5.18. The number of hydrogen-bond acceptors (Lipinski definition) is 2. The van der Waals surface area contributed by atoms with E-state index in [0.29, 0.717) is 19.1 Å². The quantitative estimate of drug-likeness (QED) is 0.421. The highest BCUT2D eigenvalue weighted by molar-refractivity contribution is 14.0. The predicted octanol–water partition coefficient (Wildman–Crippen LogP) is 3.73. The van der Waals surface area contributed by atoms with Crippen LogP contribution >= 0.6 is 24.0 Å². The molecule has 3 N–H and O–H groups in total. The third kappa shape index (κ3) is 6.58. The fraction of sp³-hybridized carbons (Fsp3) is 0.278. The van der Waals surface area contributed by atoms with E-state index in [9.17, 15) is 0 Å². The van der Waals surface area contributed by atoms with Crippen LogP contribution in [-0.4, -0.2) is 19.6 Å². The van der Waals surface area contributed by atoms with Gasteiger partial charge in [-0.3, -0.25) is 4.99 Å². The average Bonchev–Trinajstić information content (AvgIpc) is 2.49. The number of nitrogens with zero attached hydrogens (tertiary/aromatic N) is 1. The van der Waals surface area contributed by atoms with Gasteiger partial charge in [-0.1, -0.05) is 48.0 Å². The van der Waals surface area contributed by atoms with Crippen molar-refractivity contribution in [3.05, 3.63) is 65.2 Å². The molecule has 23 heavy (non-hydrogen) atoms. The monoisotopic (exact) mass is 425 g/mol. The van der Waals surface area contributed by atoms with Gasteiger partial charge in [0.2, 0.25) is 0 Å². The molecular formula is C18H24IN3O. The minimum absolute atomic E-state index is 0. The molecule has 0 bridgehead atoms. The number of halogens is 1. The smallest absolute Gasteiger partial charge is 0.193 e. The Morgan fingerprint density at radius 2 is 1.96 bits per heavy atom. The molecule has 0 spiro atoms. The first-order valence-electron chi connectivity index (χ1n) is 7.38. The van der Waals surface area contributed by atoms with Crippen LogP contribution in [0.4, 0.5) is 5.69 Å². The first-order valence-corrected chi connectivity index (χ1v) is 7.38. The highest BCUT2D eigenvalue weighted by atomic mass is 127. The predicted molar refractivity (Wildman–Crippen MR) is 108 cm³/mol. The molecule has 0 aliphatic carbocycles. The molecule has 2 rings (SSSR count). The molecule has 0 atom stereocenters. The fourth-order valence-corrected chi connectivity index (χ4v) is 2.27. The van der Waals surface area contributed by atoms with Crippen molar-refractivity contribution >= 4 is 35.6 Å². The Bertz CT molecular complexity index is 644. The Labute approximate surface area is 155 Å². The van der Waals surface area contributed by atoms with Gasteiger partial charge in [-0.05, 0) is 25.0 Å². The lowest BCUT2D eigenvalue weighted by atomic mass is 10.1. The second kappa shape index (κ2) is 10.2. The van der Waals surface area contributed by atoms with Crippen LogP contribution in [0.5, 0.6) is 0 Å². The normalized spacial score (nSPS) is 11.0. The minimum Gasteiger partial charge on any atom is -0.380 e. The first kappa shape index (κ1) is 19.4. The van der Waals surface area contributed by atoms with Crippen LogP contribution in [0.25, 0.3) is 0 Å². The van der Waals surface area contributed by atoms with Gasteiger partial charge in [0.25, 0.3) is 0 Å². The number of nitrogens with two attached hydrogens (primary N) is 1. The summed E-state index contributed by atoms with van der Waals surface area (Å²) in [5, 5.41) is 3.14. The van der Waals surface area contributed by atoms with Crippen molar-refractivity contribution in [1.82, 2.24) is 0 Å². The summed E-state index contributed by atoms with van der Waals surface area (Å²) in [6.45, 7) is 3.30. The Morgan fingerprint density at radius 1 is 1.17 bits per heavy atom. The van der Waals surface area contributed by atoms with Gasteiger partial charge in [0, 0.05) is 24.9 Å². The third-order valence-electron chi connectivity index (χ3n) is 3.35. The van der Waals surface area contributed by atoms with E-state index >= 15 is 0 Å². The molecular weight excluding hydrogens is 401 g/mol. The van der Waals surface area contributed by atoms with E-state index in [1.54, 1.807) is 7.11 Å². The van der Waals surface area contributed by atoms with E-state index in [0.717, 1.165) is 17.7 Å². The molecule has 0 saturated heterocycles. The highest BCUT2D eigenvalue weighted by Gasteiger charge is 2.02. The second-order valence-electron chi connectivity index (χ2n) is 5.22. The van der Waals surface area contributed by atoms with Gasteiger partial charge in [0.1, 0.15) is 0 Å². The number of rotatable bonds is 6. The molecule has 0 heterocycles. The molecule has 2 aromatic carbocycles. The number of aliphatic imine (C=N–C) groups is 1. The molecule has 0 saturated carbocycles. The van der Waals surface area contributed by atoms with Crippen molar-refractivity contribution in [3.8, 4) is 0 Å². The Balaban J connectivity index is 0.00000264. The second-order valence-corrected chi connectivity index (χ2v) is 5.22. The lowest BCUT2D eigenvalue weighted by Gasteiger charge is -2.10. The van der Waals surface area contributed by atoms with E-state index in [2.05, 4.69) is 41.5 Å². The maximum Gasteiger partial charge on any atom is 0.193 e. The number of nitrogens with one attached hydrogen (secondary N) is 1. The zero-order valence-corrected chi connectivity index (χ0v) is 15.9. The van der Waals surface area contributed by atoms with E-state index in [1.165, 1.54) is 11.1 Å². The molecule has 0 aliphatic heterocycles. The standard InChI is InChI=1S/C18H23N3O.HI/c1-14-6-5-7-15(12-14)10-11-20-18(19)21-17-9-4-3-8-16(17)13-22-2;/h3-9,12H,10-11,13H2,1-2H3,(H3,19,20,21);1H. The summed E-state index contributed by atoms with van der Waals surface area (Å²) in [7, 11) is 1.68. The minimum atomic E-state index is 0. The van der Waals surface area contributed by atoms with Crippen molar-refractivity contribution in [2.75, 3.05) is 19.0 Å². The zero-order chi connectivity index (χ0) is 15.8. The molecule has 124 valence electrons. The van der Waals surface area contributed by atoms with Crippen LogP contribution in [0.2, 0.25) is 0 Å². The summed E-state index contributed by atoms with van der Waals surface area (Å²) in [6, 6.07) is 16.4. The van der Waals surface area contributed by atoms with Gasteiger partial charge in [-0.15, -0.1) is 24.0 Å². The van der Waals surface area contributed by atoms with Crippen LogP contribution in [0.1, 0.15) is 16.7 Å². The molecule has 0 unspecified atom stereocenters. The Hall–Kier alpha value is -1.60. The number of ether oxygens (including phenoxy) is 1. The number of anilines is 1. The van der Waals surface area contributed by atoms with Crippen LogP contribution in [-0.2, 0) is 17.8 Å².